The van der Waals surface area contributed by atoms with Gasteiger partial charge in [-0.05, 0) is 0 Å². The molecule has 0 aromatic carbocycles. The number of hydrogen-bond acceptors (Lipinski definition) is 1. The first-order valence-electron chi connectivity index (χ1n) is 2.31. The van der Waals surface area contributed by atoms with Crippen LogP contribution in [0.3, 0.4) is 0 Å². The summed E-state index contributed by atoms with van der Waals surface area (Å²) in [5.74, 6) is 0. The Morgan fingerprint density at radius 2 is 2.50 bits per heavy atom. The van der Waals surface area contributed by atoms with E-state index in [0.29, 0.717) is 0 Å². The molecule has 0 saturated heterocycles. The fraction of sp³-hybridized carbons (Fsp3) is 0. The van der Waals surface area contributed by atoms with Crippen LogP contribution in [0.1, 0.15) is 4.88 Å². The molecule has 0 nitrogen and oxygen atoms in total. The Balaban J connectivity index is 2.77. The first-order chi connectivity index (χ1) is 3.93. The second-order valence-corrected chi connectivity index (χ2v) is 3.28. The summed E-state index contributed by atoms with van der Waals surface area (Å²) in [7, 11) is 0. The molecule has 0 N–H and O–H groups in total. The monoisotopic (exact) mass is 229 g/mol. The molecule has 0 spiro atoms. The number of thiophene rings is 1. The van der Waals surface area contributed by atoms with Gasteiger partial charge in [0.25, 0.3) is 0 Å². The summed E-state index contributed by atoms with van der Waals surface area (Å²) in [5, 5.41) is 2.09. The van der Waals surface area contributed by atoms with Crippen molar-refractivity contribution in [1.29, 1.82) is 0 Å². The van der Waals surface area contributed by atoms with E-state index < -0.39 is 0 Å². The maximum absolute atomic E-state index is 2.14. The van der Waals surface area contributed by atoms with E-state index in [-0.39, 0.29) is 0 Å². The van der Waals surface area contributed by atoms with Gasteiger partial charge in [-0.1, -0.05) is 0 Å². The first kappa shape index (κ1) is 6.36. The molecule has 39 valence electrons. The third-order valence-corrected chi connectivity index (χ3v) is 2.10. The topological polar surface area (TPSA) is 0 Å². The molecule has 0 unspecified atom stereocenters. The zero-order valence-electron chi connectivity index (χ0n) is 4.29. The van der Waals surface area contributed by atoms with Crippen molar-refractivity contribution < 1.29 is 0 Å². The maximum atomic E-state index is 2.14. The van der Waals surface area contributed by atoms with Crippen LogP contribution in [-0.4, -0.2) is 22.5 Å². The average molecular weight is 228 g/mol. The molecule has 1 aromatic rings. The summed E-state index contributed by atoms with van der Waals surface area (Å²) in [6, 6.07) is 4.18. The summed E-state index contributed by atoms with van der Waals surface area (Å²) < 4.78 is 2.14. The van der Waals surface area contributed by atoms with E-state index >= 15 is 0 Å². The molecule has 0 amide bonds. The van der Waals surface area contributed by atoms with Gasteiger partial charge in [0, 0.05) is 0 Å². The summed E-state index contributed by atoms with van der Waals surface area (Å²) in [6.45, 7) is 0. The summed E-state index contributed by atoms with van der Waals surface area (Å²) in [4.78, 5) is 1.35. The van der Waals surface area contributed by atoms with Gasteiger partial charge in [0.1, 0.15) is 0 Å². The molecule has 0 bridgehead atoms. The van der Waals surface area contributed by atoms with E-state index in [1.54, 1.807) is 11.3 Å². The molecule has 8 heavy (non-hydrogen) atoms. The standard InChI is InChI=1S/C6H5S.Sn/c1-2-6-4-3-5-7-6;/h1-5H;. The molecule has 0 aliphatic heterocycles. The van der Waals surface area contributed by atoms with Crippen LogP contribution in [0.4, 0.5) is 0 Å². The van der Waals surface area contributed by atoms with E-state index in [9.17, 15) is 0 Å². The predicted molar refractivity (Wildman–Crippen MR) is 39.1 cm³/mol. The quantitative estimate of drug-likeness (QED) is 0.643. The number of hydrogen-bond donors (Lipinski definition) is 0. The third-order valence-electron chi connectivity index (χ3n) is 0.791. The molecule has 0 aliphatic rings. The van der Waals surface area contributed by atoms with Crippen LogP contribution in [0.2, 0.25) is 0 Å². The minimum absolute atomic E-state index is 1.35. The SMILES string of the molecule is [Sn]/[CH]=C/c1cccs1. The van der Waals surface area contributed by atoms with Gasteiger partial charge in [-0.25, -0.2) is 0 Å². The Hall–Kier alpha value is 0.239. The predicted octanol–water partition coefficient (Wildman–Crippen LogP) is 1.89. The van der Waals surface area contributed by atoms with Gasteiger partial charge in [-0.15, -0.1) is 0 Å². The van der Waals surface area contributed by atoms with Crippen molar-refractivity contribution in [2.24, 2.45) is 0 Å². The Morgan fingerprint density at radius 1 is 1.62 bits per heavy atom. The Kier molecular flexibility index (Phi) is 2.62. The molecular weight excluding hydrogens is 223 g/mol. The van der Waals surface area contributed by atoms with Crippen molar-refractivity contribution in [3.05, 3.63) is 26.5 Å². The van der Waals surface area contributed by atoms with E-state index in [4.69, 9.17) is 0 Å². The Bertz CT molecular complexity index is 165. The van der Waals surface area contributed by atoms with Crippen molar-refractivity contribution in [1.82, 2.24) is 0 Å². The van der Waals surface area contributed by atoms with E-state index in [1.165, 1.54) is 27.4 Å². The average Bonchev–Trinajstić information content (AvgIpc) is 2.19. The Morgan fingerprint density at radius 3 is 3.00 bits per heavy atom. The van der Waals surface area contributed by atoms with Gasteiger partial charge in [0.05, 0.1) is 0 Å². The van der Waals surface area contributed by atoms with E-state index in [1.807, 2.05) is 0 Å². The molecular formula is C6H5SSn. The van der Waals surface area contributed by atoms with Crippen molar-refractivity contribution in [3.63, 3.8) is 0 Å². The number of rotatable bonds is 1. The van der Waals surface area contributed by atoms with Crippen LogP contribution in [0.5, 0.6) is 0 Å². The van der Waals surface area contributed by atoms with Gasteiger partial charge in [0.15, 0.2) is 0 Å². The van der Waals surface area contributed by atoms with Crippen LogP contribution in [0.15, 0.2) is 21.6 Å². The normalized spacial score (nSPS) is 10.6. The molecule has 1 rings (SSSR count). The Labute approximate surface area is 66.3 Å². The molecule has 2 heteroatoms. The zero-order valence-corrected chi connectivity index (χ0v) is 7.97. The molecule has 0 saturated carbocycles. The zero-order chi connectivity index (χ0) is 5.82. The molecule has 0 atom stereocenters. The first-order valence-corrected chi connectivity index (χ1v) is 4.83. The molecule has 1 aromatic heterocycles. The second-order valence-electron chi connectivity index (χ2n) is 1.35. The summed E-state index contributed by atoms with van der Waals surface area (Å²) in [6.07, 6.45) is 2.14. The van der Waals surface area contributed by atoms with Crippen LogP contribution < -0.4 is 0 Å². The van der Waals surface area contributed by atoms with E-state index in [2.05, 4.69) is 27.7 Å². The van der Waals surface area contributed by atoms with Crippen molar-refractivity contribution >= 4 is 39.9 Å². The molecule has 0 fully saturated rings. The fourth-order valence-corrected chi connectivity index (χ4v) is 1.94. The van der Waals surface area contributed by atoms with Crippen molar-refractivity contribution in [2.75, 3.05) is 0 Å². The van der Waals surface area contributed by atoms with Crippen LogP contribution in [-0.2, 0) is 0 Å². The van der Waals surface area contributed by atoms with Crippen molar-refractivity contribution in [3.8, 4) is 0 Å². The van der Waals surface area contributed by atoms with Gasteiger partial charge >= 0.3 is 66.4 Å². The van der Waals surface area contributed by atoms with Gasteiger partial charge < -0.3 is 0 Å². The van der Waals surface area contributed by atoms with Gasteiger partial charge in [-0.2, -0.15) is 0 Å². The van der Waals surface area contributed by atoms with E-state index in [0.717, 1.165) is 0 Å². The summed E-state index contributed by atoms with van der Waals surface area (Å²) in [5.41, 5.74) is 0. The third kappa shape index (κ3) is 1.63. The molecule has 3 radical (unpaired) electrons. The van der Waals surface area contributed by atoms with Crippen LogP contribution >= 0.6 is 11.3 Å². The summed E-state index contributed by atoms with van der Waals surface area (Å²) >= 11 is 3.24. The van der Waals surface area contributed by atoms with Crippen LogP contribution in [0.25, 0.3) is 6.08 Å². The minimum atomic E-state index is 1.35. The van der Waals surface area contributed by atoms with Crippen LogP contribution in [0, 0.1) is 0 Å². The fourth-order valence-electron chi connectivity index (χ4n) is 0.468. The molecule has 0 aliphatic carbocycles. The van der Waals surface area contributed by atoms with Gasteiger partial charge in [-0.3, -0.25) is 0 Å². The molecule has 1 heterocycles. The van der Waals surface area contributed by atoms with Crippen molar-refractivity contribution in [2.45, 2.75) is 0 Å². The van der Waals surface area contributed by atoms with Gasteiger partial charge in [0.2, 0.25) is 0 Å². The second kappa shape index (κ2) is 3.30.